The number of rotatable bonds is 2. The molecular formula is C9H7Br2FO2. The van der Waals surface area contributed by atoms with Gasteiger partial charge in [0, 0.05) is 9.80 Å². The van der Waals surface area contributed by atoms with E-state index in [1.54, 1.807) is 6.07 Å². The van der Waals surface area contributed by atoms with Gasteiger partial charge in [0.1, 0.15) is 11.4 Å². The van der Waals surface area contributed by atoms with Crippen molar-refractivity contribution >= 4 is 37.8 Å². The molecule has 0 amide bonds. The molecule has 0 aliphatic heterocycles. The number of hydrogen-bond donors (Lipinski definition) is 0. The topological polar surface area (TPSA) is 26.3 Å². The summed E-state index contributed by atoms with van der Waals surface area (Å²) >= 11 is 6.42. The molecule has 5 heteroatoms. The maximum Gasteiger partial charge on any atom is 0.341 e. The lowest BCUT2D eigenvalue weighted by Crippen LogP contribution is -2.08. The molecule has 1 aromatic rings. The lowest BCUT2D eigenvalue weighted by Gasteiger charge is -2.08. The van der Waals surface area contributed by atoms with E-state index in [1.165, 1.54) is 13.2 Å². The van der Waals surface area contributed by atoms with Crippen LogP contribution in [0.1, 0.15) is 15.9 Å². The first kappa shape index (κ1) is 11.7. The first-order valence-electron chi connectivity index (χ1n) is 3.73. The monoisotopic (exact) mass is 324 g/mol. The van der Waals surface area contributed by atoms with Crippen molar-refractivity contribution in [2.45, 2.75) is 5.33 Å². The standard InChI is InChI=1S/C9H7Br2FO2/c1-14-9(13)8-5(4-10)6(11)2-3-7(8)12/h2-3H,4H2,1H3. The molecule has 0 fully saturated rings. The Morgan fingerprint density at radius 2 is 2.21 bits per heavy atom. The number of benzene rings is 1. The molecule has 14 heavy (non-hydrogen) atoms. The summed E-state index contributed by atoms with van der Waals surface area (Å²) in [4.78, 5) is 11.3. The Morgan fingerprint density at radius 3 is 2.71 bits per heavy atom. The lowest BCUT2D eigenvalue weighted by atomic mass is 10.1. The molecule has 1 aromatic carbocycles. The Kier molecular flexibility index (Phi) is 4.07. The lowest BCUT2D eigenvalue weighted by molar-refractivity contribution is 0.0594. The fraction of sp³-hybridized carbons (Fsp3) is 0.222. The molecule has 0 saturated heterocycles. The van der Waals surface area contributed by atoms with Crippen LogP contribution in [0.5, 0.6) is 0 Å². The van der Waals surface area contributed by atoms with E-state index in [9.17, 15) is 9.18 Å². The predicted molar refractivity (Wildman–Crippen MR) is 58.1 cm³/mol. The van der Waals surface area contributed by atoms with E-state index in [4.69, 9.17) is 0 Å². The third-order valence-corrected chi connectivity index (χ3v) is 3.03. The van der Waals surface area contributed by atoms with Crippen molar-refractivity contribution < 1.29 is 13.9 Å². The fourth-order valence-electron chi connectivity index (χ4n) is 1.05. The molecule has 0 aliphatic carbocycles. The number of halogens is 3. The minimum atomic E-state index is -0.668. The second-order valence-electron chi connectivity index (χ2n) is 2.51. The van der Waals surface area contributed by atoms with Crippen LogP contribution in [0.15, 0.2) is 16.6 Å². The summed E-state index contributed by atoms with van der Waals surface area (Å²) in [7, 11) is 1.22. The maximum absolute atomic E-state index is 13.3. The quantitative estimate of drug-likeness (QED) is 0.616. The number of esters is 1. The SMILES string of the molecule is COC(=O)c1c(F)ccc(Br)c1CBr. The van der Waals surface area contributed by atoms with Gasteiger partial charge in [-0.15, -0.1) is 0 Å². The molecule has 0 heterocycles. The molecule has 0 atom stereocenters. The van der Waals surface area contributed by atoms with E-state index >= 15 is 0 Å². The van der Waals surface area contributed by atoms with Gasteiger partial charge in [-0.1, -0.05) is 31.9 Å². The highest BCUT2D eigenvalue weighted by molar-refractivity contribution is 9.10. The van der Waals surface area contributed by atoms with Crippen molar-refractivity contribution in [2.24, 2.45) is 0 Å². The number of alkyl halides is 1. The van der Waals surface area contributed by atoms with Crippen LogP contribution in [0.2, 0.25) is 0 Å². The van der Waals surface area contributed by atoms with E-state index in [1.807, 2.05) is 0 Å². The largest absolute Gasteiger partial charge is 0.465 e. The van der Waals surface area contributed by atoms with Crippen molar-refractivity contribution in [3.05, 3.63) is 33.5 Å². The summed E-state index contributed by atoms with van der Waals surface area (Å²) < 4.78 is 18.5. The highest BCUT2D eigenvalue weighted by Crippen LogP contribution is 2.26. The van der Waals surface area contributed by atoms with Gasteiger partial charge in [-0.2, -0.15) is 0 Å². The first-order chi connectivity index (χ1) is 6.61. The van der Waals surface area contributed by atoms with Gasteiger partial charge in [0.2, 0.25) is 0 Å². The highest BCUT2D eigenvalue weighted by atomic mass is 79.9. The molecule has 1 rings (SSSR count). The molecule has 2 nitrogen and oxygen atoms in total. The van der Waals surface area contributed by atoms with Gasteiger partial charge in [-0.25, -0.2) is 9.18 Å². The Balaban J connectivity index is 3.37. The summed E-state index contributed by atoms with van der Waals surface area (Å²) in [5, 5.41) is 0.385. The van der Waals surface area contributed by atoms with Crippen LogP contribution in [0, 0.1) is 5.82 Å². The van der Waals surface area contributed by atoms with Gasteiger partial charge in [0.05, 0.1) is 7.11 Å². The van der Waals surface area contributed by atoms with Gasteiger partial charge < -0.3 is 4.74 Å². The normalized spacial score (nSPS) is 10.0. The predicted octanol–water partition coefficient (Wildman–Crippen LogP) is 3.27. The number of methoxy groups -OCH3 is 1. The number of carbonyl (C=O) groups is 1. The van der Waals surface area contributed by atoms with Crippen LogP contribution in [0.3, 0.4) is 0 Å². The molecule has 0 N–H and O–H groups in total. The Hall–Kier alpha value is -0.420. The smallest absolute Gasteiger partial charge is 0.341 e. The second-order valence-corrected chi connectivity index (χ2v) is 3.92. The van der Waals surface area contributed by atoms with E-state index in [-0.39, 0.29) is 5.56 Å². The van der Waals surface area contributed by atoms with E-state index < -0.39 is 11.8 Å². The zero-order chi connectivity index (χ0) is 10.7. The van der Waals surface area contributed by atoms with Crippen molar-refractivity contribution in [1.82, 2.24) is 0 Å². The molecule has 76 valence electrons. The number of hydrogen-bond acceptors (Lipinski definition) is 2. The van der Waals surface area contributed by atoms with Crippen molar-refractivity contribution in [3.8, 4) is 0 Å². The molecule has 0 aliphatic rings. The van der Waals surface area contributed by atoms with Gasteiger partial charge >= 0.3 is 5.97 Å². The molecule has 0 unspecified atom stereocenters. The minimum absolute atomic E-state index is 0.0289. The maximum atomic E-state index is 13.3. The van der Waals surface area contributed by atoms with Crippen LogP contribution < -0.4 is 0 Å². The van der Waals surface area contributed by atoms with Crippen molar-refractivity contribution in [1.29, 1.82) is 0 Å². The minimum Gasteiger partial charge on any atom is -0.465 e. The molecule has 0 radical (unpaired) electrons. The zero-order valence-electron chi connectivity index (χ0n) is 7.31. The van der Waals surface area contributed by atoms with Gasteiger partial charge in [-0.05, 0) is 17.7 Å². The summed E-state index contributed by atoms with van der Waals surface area (Å²) in [6, 6.07) is 2.78. The van der Waals surface area contributed by atoms with Gasteiger partial charge in [-0.3, -0.25) is 0 Å². The summed E-state index contributed by atoms with van der Waals surface area (Å²) in [5.41, 5.74) is 0.524. The average Bonchev–Trinajstić information content (AvgIpc) is 2.19. The van der Waals surface area contributed by atoms with Crippen LogP contribution in [-0.2, 0) is 10.1 Å². The molecule has 0 bridgehead atoms. The second kappa shape index (κ2) is 4.89. The molecule has 0 spiro atoms. The van der Waals surface area contributed by atoms with Gasteiger partial charge in [0.25, 0.3) is 0 Å². The Labute approximate surface area is 97.7 Å². The van der Waals surface area contributed by atoms with Crippen LogP contribution in [0.25, 0.3) is 0 Å². The van der Waals surface area contributed by atoms with E-state index in [2.05, 4.69) is 36.6 Å². The summed E-state index contributed by atoms with van der Waals surface area (Å²) in [5.74, 6) is -1.24. The van der Waals surface area contributed by atoms with Crippen LogP contribution in [0.4, 0.5) is 4.39 Å². The summed E-state index contributed by atoms with van der Waals surface area (Å²) in [6.07, 6.45) is 0. The van der Waals surface area contributed by atoms with Gasteiger partial charge in [0.15, 0.2) is 0 Å². The van der Waals surface area contributed by atoms with Crippen LogP contribution >= 0.6 is 31.9 Å². The molecular weight excluding hydrogens is 319 g/mol. The third kappa shape index (κ3) is 2.15. The highest BCUT2D eigenvalue weighted by Gasteiger charge is 2.18. The van der Waals surface area contributed by atoms with Crippen molar-refractivity contribution in [3.63, 3.8) is 0 Å². The van der Waals surface area contributed by atoms with E-state index in [0.29, 0.717) is 15.4 Å². The fourth-order valence-corrected chi connectivity index (χ4v) is 2.48. The number of ether oxygens (including phenoxy) is 1. The number of carbonyl (C=O) groups excluding carboxylic acids is 1. The van der Waals surface area contributed by atoms with E-state index in [0.717, 1.165) is 0 Å². The Bertz CT molecular complexity index is 366. The Morgan fingerprint density at radius 1 is 1.57 bits per heavy atom. The molecule has 0 aromatic heterocycles. The summed E-state index contributed by atoms with van der Waals surface area (Å²) in [6.45, 7) is 0. The average molecular weight is 326 g/mol. The molecule has 0 saturated carbocycles. The van der Waals surface area contributed by atoms with Crippen LogP contribution in [-0.4, -0.2) is 13.1 Å². The third-order valence-electron chi connectivity index (χ3n) is 1.73. The van der Waals surface area contributed by atoms with Crippen molar-refractivity contribution in [2.75, 3.05) is 7.11 Å². The first-order valence-corrected chi connectivity index (χ1v) is 5.64. The zero-order valence-corrected chi connectivity index (χ0v) is 10.5.